The molecule has 4 aromatic rings. The molecule has 1 heterocycles. The molecule has 0 atom stereocenters. The summed E-state index contributed by atoms with van der Waals surface area (Å²) in [5.41, 5.74) is 2.83. The van der Waals surface area contributed by atoms with Gasteiger partial charge in [-0.25, -0.2) is 0 Å². The van der Waals surface area contributed by atoms with E-state index in [9.17, 15) is 10.2 Å². The van der Waals surface area contributed by atoms with Crippen LogP contribution in [0.4, 0.5) is 0 Å². The predicted octanol–water partition coefficient (Wildman–Crippen LogP) is 4.41. The van der Waals surface area contributed by atoms with Gasteiger partial charge in [-0.2, -0.15) is 0 Å². The van der Waals surface area contributed by atoms with Gasteiger partial charge in [-0.05, 0) is 11.5 Å². The number of aryl methyl sites for hydroxylation is 1. The first kappa shape index (κ1) is 12.8. The number of fused-ring (bicyclic) bond motifs is 2. The van der Waals surface area contributed by atoms with E-state index in [2.05, 4.69) is 6.07 Å². The van der Waals surface area contributed by atoms with Gasteiger partial charge in [0.1, 0.15) is 11.5 Å². The molecule has 2 N–H and O–H groups in total. The maximum Gasteiger partial charge on any atom is 0.127 e. The minimum Gasteiger partial charge on any atom is -0.507 e. The highest BCUT2D eigenvalue weighted by molar-refractivity contribution is 6.09. The average Bonchev–Trinajstić information content (AvgIpc) is 2.85. The largest absolute Gasteiger partial charge is 0.507 e. The van der Waals surface area contributed by atoms with Gasteiger partial charge in [0.2, 0.25) is 0 Å². The molecule has 0 aliphatic rings. The van der Waals surface area contributed by atoms with Crippen LogP contribution >= 0.6 is 0 Å². The maximum absolute atomic E-state index is 10.4. The minimum absolute atomic E-state index is 0.0903. The highest BCUT2D eigenvalue weighted by Crippen LogP contribution is 2.43. The van der Waals surface area contributed by atoms with E-state index in [1.54, 1.807) is 0 Å². The van der Waals surface area contributed by atoms with Gasteiger partial charge in [-0.1, -0.05) is 42.5 Å². The minimum atomic E-state index is 0.0903. The Kier molecular flexibility index (Phi) is 2.63. The summed E-state index contributed by atoms with van der Waals surface area (Å²) in [6, 6.07) is 17.1. The first-order valence-electron chi connectivity index (χ1n) is 7.15. The molecule has 108 valence electrons. The SMILES string of the molecule is Cn1cc(-c2c(O)cc(O)c3ccccc23)c2ccccc21. The van der Waals surface area contributed by atoms with Crippen LogP contribution in [0.1, 0.15) is 0 Å². The molecule has 1 aromatic heterocycles. The maximum atomic E-state index is 10.4. The summed E-state index contributed by atoms with van der Waals surface area (Å²) in [5.74, 6) is 0.185. The topological polar surface area (TPSA) is 45.4 Å². The molecule has 0 saturated heterocycles. The fourth-order valence-electron chi connectivity index (χ4n) is 3.17. The molecule has 0 aliphatic carbocycles. The van der Waals surface area contributed by atoms with Crippen LogP contribution in [-0.4, -0.2) is 14.8 Å². The lowest BCUT2D eigenvalue weighted by Crippen LogP contribution is -1.84. The first-order chi connectivity index (χ1) is 10.7. The Morgan fingerprint density at radius 1 is 0.773 bits per heavy atom. The van der Waals surface area contributed by atoms with Gasteiger partial charge in [-0.15, -0.1) is 0 Å². The molecule has 0 spiro atoms. The Labute approximate surface area is 127 Å². The molecular formula is C19H15NO2. The third-order valence-electron chi connectivity index (χ3n) is 4.17. The second kappa shape index (κ2) is 4.53. The highest BCUT2D eigenvalue weighted by atomic mass is 16.3. The Hall–Kier alpha value is -2.94. The third-order valence-corrected chi connectivity index (χ3v) is 4.17. The normalized spacial score (nSPS) is 11.3. The molecule has 0 radical (unpaired) electrons. The Bertz CT molecular complexity index is 1010. The highest BCUT2D eigenvalue weighted by Gasteiger charge is 2.16. The number of phenolic OH excluding ortho intramolecular Hbond substituents is 2. The van der Waals surface area contributed by atoms with Gasteiger partial charge in [0.25, 0.3) is 0 Å². The standard InChI is InChI=1S/C19H15NO2/c1-20-11-15(12-6-4-5-9-16(12)20)19-14-8-3-2-7-13(14)17(21)10-18(19)22/h2-11,21-22H,1H3. The molecule has 0 aliphatic heterocycles. The van der Waals surface area contributed by atoms with Gasteiger partial charge in [0.05, 0.1) is 0 Å². The van der Waals surface area contributed by atoms with Crippen LogP contribution in [0.15, 0.2) is 60.8 Å². The Morgan fingerprint density at radius 2 is 1.41 bits per heavy atom. The lowest BCUT2D eigenvalue weighted by Gasteiger charge is -2.10. The van der Waals surface area contributed by atoms with Crippen molar-refractivity contribution in [1.29, 1.82) is 0 Å². The van der Waals surface area contributed by atoms with Crippen molar-refractivity contribution >= 4 is 21.7 Å². The zero-order valence-corrected chi connectivity index (χ0v) is 12.1. The van der Waals surface area contributed by atoms with Crippen LogP contribution < -0.4 is 0 Å². The van der Waals surface area contributed by atoms with Gasteiger partial charge >= 0.3 is 0 Å². The molecule has 0 fully saturated rings. The summed E-state index contributed by atoms with van der Waals surface area (Å²) >= 11 is 0. The van der Waals surface area contributed by atoms with E-state index in [0.29, 0.717) is 0 Å². The summed E-state index contributed by atoms with van der Waals surface area (Å²) in [6.07, 6.45) is 2.02. The lowest BCUT2D eigenvalue weighted by atomic mass is 9.96. The molecule has 3 aromatic carbocycles. The number of rotatable bonds is 1. The summed E-state index contributed by atoms with van der Waals surface area (Å²) < 4.78 is 2.05. The second-order valence-corrected chi connectivity index (χ2v) is 5.51. The van der Waals surface area contributed by atoms with E-state index in [1.165, 1.54) is 6.07 Å². The summed E-state index contributed by atoms with van der Waals surface area (Å²) in [4.78, 5) is 0. The van der Waals surface area contributed by atoms with Crippen molar-refractivity contribution in [1.82, 2.24) is 4.57 Å². The van der Waals surface area contributed by atoms with E-state index in [4.69, 9.17) is 0 Å². The summed E-state index contributed by atoms with van der Waals surface area (Å²) in [7, 11) is 1.99. The molecule has 4 rings (SSSR count). The third kappa shape index (κ3) is 1.69. The summed E-state index contributed by atoms with van der Waals surface area (Å²) in [5, 5.41) is 23.2. The Balaban J connectivity index is 2.18. The molecule has 3 heteroatoms. The number of para-hydroxylation sites is 1. The average molecular weight is 289 g/mol. The van der Waals surface area contributed by atoms with Crippen LogP contribution in [-0.2, 0) is 7.05 Å². The fourth-order valence-corrected chi connectivity index (χ4v) is 3.17. The van der Waals surface area contributed by atoms with E-state index in [-0.39, 0.29) is 11.5 Å². The number of hydrogen-bond acceptors (Lipinski definition) is 2. The number of aromatic hydroxyl groups is 2. The van der Waals surface area contributed by atoms with Gasteiger partial charge in [0, 0.05) is 46.7 Å². The van der Waals surface area contributed by atoms with Crippen molar-refractivity contribution in [3.63, 3.8) is 0 Å². The Morgan fingerprint density at radius 3 is 2.18 bits per heavy atom. The van der Waals surface area contributed by atoms with E-state index in [0.717, 1.165) is 32.8 Å². The summed E-state index contributed by atoms with van der Waals surface area (Å²) in [6.45, 7) is 0. The van der Waals surface area contributed by atoms with Crippen molar-refractivity contribution in [3.05, 3.63) is 60.8 Å². The monoisotopic (exact) mass is 289 g/mol. The number of benzene rings is 3. The number of aromatic nitrogens is 1. The molecular weight excluding hydrogens is 274 g/mol. The van der Waals surface area contributed by atoms with Crippen molar-refractivity contribution in [2.75, 3.05) is 0 Å². The molecule has 0 bridgehead atoms. The van der Waals surface area contributed by atoms with Crippen LogP contribution in [0.2, 0.25) is 0 Å². The van der Waals surface area contributed by atoms with Crippen LogP contribution in [0.25, 0.3) is 32.8 Å². The van der Waals surface area contributed by atoms with Crippen molar-refractivity contribution in [2.24, 2.45) is 7.05 Å². The zero-order chi connectivity index (χ0) is 15.3. The number of nitrogens with zero attached hydrogens (tertiary/aromatic N) is 1. The predicted molar refractivity (Wildman–Crippen MR) is 89.2 cm³/mol. The van der Waals surface area contributed by atoms with Gasteiger partial charge < -0.3 is 14.8 Å². The molecule has 0 saturated carbocycles. The van der Waals surface area contributed by atoms with E-state index >= 15 is 0 Å². The second-order valence-electron chi connectivity index (χ2n) is 5.51. The van der Waals surface area contributed by atoms with Crippen LogP contribution in [0.5, 0.6) is 11.5 Å². The van der Waals surface area contributed by atoms with Crippen molar-refractivity contribution < 1.29 is 10.2 Å². The lowest BCUT2D eigenvalue weighted by molar-refractivity contribution is 0.456. The molecule has 0 amide bonds. The van der Waals surface area contributed by atoms with Crippen molar-refractivity contribution in [2.45, 2.75) is 0 Å². The van der Waals surface area contributed by atoms with Crippen molar-refractivity contribution in [3.8, 4) is 22.6 Å². The van der Waals surface area contributed by atoms with Gasteiger partial charge in [0.15, 0.2) is 0 Å². The van der Waals surface area contributed by atoms with Crippen LogP contribution in [0, 0.1) is 0 Å². The molecule has 3 nitrogen and oxygen atoms in total. The quantitative estimate of drug-likeness (QED) is 0.545. The zero-order valence-electron chi connectivity index (χ0n) is 12.1. The number of phenols is 2. The first-order valence-corrected chi connectivity index (χ1v) is 7.15. The van der Waals surface area contributed by atoms with Gasteiger partial charge in [-0.3, -0.25) is 0 Å². The fraction of sp³-hybridized carbons (Fsp3) is 0.0526. The smallest absolute Gasteiger partial charge is 0.127 e. The van der Waals surface area contributed by atoms with E-state index < -0.39 is 0 Å². The molecule has 22 heavy (non-hydrogen) atoms. The number of hydrogen-bond donors (Lipinski definition) is 2. The molecule has 0 unspecified atom stereocenters. The van der Waals surface area contributed by atoms with Crippen LogP contribution in [0.3, 0.4) is 0 Å². The van der Waals surface area contributed by atoms with E-state index in [1.807, 2.05) is 60.3 Å².